The normalized spacial score (nSPS) is 9.20. The molecule has 1 aromatic rings. The summed E-state index contributed by atoms with van der Waals surface area (Å²) in [6.07, 6.45) is 1.46. The lowest BCUT2D eigenvalue weighted by Gasteiger charge is -1.96. The summed E-state index contributed by atoms with van der Waals surface area (Å²) >= 11 is 4.47. The number of thiocarbonyl (C=S) groups is 1. The average molecular weight is 158 g/mol. The van der Waals surface area contributed by atoms with Gasteiger partial charge in [0, 0.05) is 6.07 Å². The second-order valence-electron chi connectivity index (χ2n) is 1.60. The molecule has 0 bridgehead atoms. The number of rotatable bonds is 2. The summed E-state index contributed by atoms with van der Waals surface area (Å²) in [5.74, 6) is 0. The summed E-state index contributed by atoms with van der Waals surface area (Å²) in [4.78, 5) is 0. The summed E-state index contributed by atoms with van der Waals surface area (Å²) < 4.78 is 9.31. The van der Waals surface area contributed by atoms with Crippen LogP contribution in [0.25, 0.3) is 0 Å². The van der Waals surface area contributed by atoms with Crippen LogP contribution >= 0.6 is 12.2 Å². The van der Waals surface area contributed by atoms with Crippen molar-refractivity contribution in [3.05, 3.63) is 18.0 Å². The smallest absolute Gasteiger partial charge is 0.254 e. The lowest BCUT2D eigenvalue weighted by Crippen LogP contribution is -2.12. The third-order valence-electron chi connectivity index (χ3n) is 0.854. The zero-order valence-corrected chi connectivity index (χ0v) is 5.93. The van der Waals surface area contributed by atoms with Gasteiger partial charge in [-0.1, -0.05) is 5.16 Å². The quantitative estimate of drug-likeness (QED) is 0.632. The van der Waals surface area contributed by atoms with Crippen LogP contribution in [0.2, 0.25) is 0 Å². The molecule has 54 valence electrons. The molecule has 0 saturated carbocycles. The van der Waals surface area contributed by atoms with Gasteiger partial charge in [0.25, 0.3) is 5.17 Å². The van der Waals surface area contributed by atoms with E-state index in [-0.39, 0.29) is 11.8 Å². The fraction of sp³-hybridized carbons (Fsp3) is 0.200. The van der Waals surface area contributed by atoms with Gasteiger partial charge in [-0.2, -0.15) is 0 Å². The molecule has 0 radical (unpaired) electrons. The van der Waals surface area contributed by atoms with Crippen molar-refractivity contribution >= 4 is 17.4 Å². The summed E-state index contributed by atoms with van der Waals surface area (Å²) in [6.45, 7) is 0.270. The third kappa shape index (κ3) is 2.02. The summed E-state index contributed by atoms with van der Waals surface area (Å²) in [6, 6.07) is 1.68. The molecule has 0 unspecified atom stereocenters. The van der Waals surface area contributed by atoms with Crippen LogP contribution in [0.5, 0.6) is 0 Å². The van der Waals surface area contributed by atoms with E-state index < -0.39 is 0 Å². The maximum Gasteiger partial charge on any atom is 0.254 e. The van der Waals surface area contributed by atoms with Crippen molar-refractivity contribution in [2.24, 2.45) is 5.73 Å². The second-order valence-corrected chi connectivity index (χ2v) is 2.00. The molecule has 1 heterocycles. The van der Waals surface area contributed by atoms with Crippen LogP contribution in [0.4, 0.5) is 0 Å². The molecule has 0 amide bonds. The van der Waals surface area contributed by atoms with E-state index in [1.54, 1.807) is 6.07 Å². The Morgan fingerprint density at radius 3 is 3.20 bits per heavy atom. The van der Waals surface area contributed by atoms with Crippen molar-refractivity contribution in [1.29, 1.82) is 0 Å². The topological polar surface area (TPSA) is 61.3 Å². The number of ether oxygens (including phenoxy) is 1. The predicted molar refractivity (Wildman–Crippen MR) is 38.1 cm³/mol. The van der Waals surface area contributed by atoms with Crippen molar-refractivity contribution in [3.63, 3.8) is 0 Å². The first-order valence-electron chi connectivity index (χ1n) is 2.60. The first kappa shape index (κ1) is 7.01. The minimum atomic E-state index is 0.0167. The molecule has 0 aliphatic heterocycles. The van der Waals surface area contributed by atoms with Crippen LogP contribution in [0, 0.1) is 0 Å². The number of aromatic nitrogens is 1. The van der Waals surface area contributed by atoms with Gasteiger partial charge in [0.15, 0.2) is 0 Å². The van der Waals surface area contributed by atoms with E-state index in [9.17, 15) is 0 Å². The molecule has 0 aliphatic rings. The van der Waals surface area contributed by atoms with Crippen LogP contribution in [0.1, 0.15) is 5.69 Å². The number of hydrogen-bond donors (Lipinski definition) is 1. The van der Waals surface area contributed by atoms with Crippen LogP contribution in [0.15, 0.2) is 16.9 Å². The molecule has 0 aromatic carbocycles. The number of hydrogen-bond acceptors (Lipinski definition) is 4. The second kappa shape index (κ2) is 3.17. The molecule has 0 saturated heterocycles. The molecule has 5 heteroatoms. The SMILES string of the molecule is NC(=S)OCc1ccon1. The first-order valence-corrected chi connectivity index (χ1v) is 3.01. The van der Waals surface area contributed by atoms with Crippen LogP contribution in [-0.2, 0) is 11.3 Å². The lowest BCUT2D eigenvalue weighted by molar-refractivity contribution is 0.280. The van der Waals surface area contributed by atoms with Crippen molar-refractivity contribution in [3.8, 4) is 0 Å². The van der Waals surface area contributed by atoms with Crippen molar-refractivity contribution in [2.45, 2.75) is 6.61 Å². The van der Waals surface area contributed by atoms with Gasteiger partial charge < -0.3 is 15.0 Å². The highest BCUT2D eigenvalue weighted by atomic mass is 32.1. The fourth-order valence-electron chi connectivity index (χ4n) is 0.457. The maximum atomic E-state index is 5.06. The van der Waals surface area contributed by atoms with E-state index >= 15 is 0 Å². The van der Waals surface area contributed by atoms with Crippen LogP contribution < -0.4 is 5.73 Å². The van der Waals surface area contributed by atoms with Gasteiger partial charge in [-0.25, -0.2) is 0 Å². The summed E-state index contributed by atoms with van der Waals surface area (Å²) in [7, 11) is 0. The third-order valence-corrected chi connectivity index (χ3v) is 0.971. The highest BCUT2D eigenvalue weighted by Crippen LogP contribution is 1.95. The van der Waals surface area contributed by atoms with E-state index in [1.165, 1.54) is 6.26 Å². The average Bonchev–Trinajstić information content (AvgIpc) is 2.34. The molecule has 0 atom stereocenters. The van der Waals surface area contributed by atoms with Gasteiger partial charge >= 0.3 is 0 Å². The Bertz CT molecular complexity index is 209. The number of nitrogens with two attached hydrogens (primary N) is 1. The highest BCUT2D eigenvalue weighted by molar-refractivity contribution is 7.80. The predicted octanol–water partition coefficient (Wildman–Crippen LogP) is 0.435. The van der Waals surface area contributed by atoms with Gasteiger partial charge in [-0.3, -0.25) is 0 Å². The number of nitrogens with zero attached hydrogens (tertiary/aromatic N) is 1. The Kier molecular flexibility index (Phi) is 2.22. The van der Waals surface area contributed by atoms with Crippen LogP contribution in [-0.4, -0.2) is 10.3 Å². The molecule has 0 aliphatic carbocycles. The summed E-state index contributed by atoms with van der Waals surface area (Å²) in [5, 5.41) is 3.59. The maximum absolute atomic E-state index is 5.06. The molecule has 0 spiro atoms. The minimum Gasteiger partial charge on any atom is -0.465 e. The van der Waals surface area contributed by atoms with Gasteiger partial charge in [0.05, 0.1) is 0 Å². The Morgan fingerprint density at radius 1 is 1.90 bits per heavy atom. The lowest BCUT2D eigenvalue weighted by atomic mass is 10.5. The van der Waals surface area contributed by atoms with Gasteiger partial charge in [-0.05, 0) is 12.2 Å². The Balaban J connectivity index is 2.35. The van der Waals surface area contributed by atoms with Gasteiger partial charge in [-0.15, -0.1) is 0 Å². The van der Waals surface area contributed by atoms with Gasteiger partial charge in [0.2, 0.25) is 0 Å². The Morgan fingerprint density at radius 2 is 2.70 bits per heavy atom. The zero-order chi connectivity index (χ0) is 7.40. The van der Waals surface area contributed by atoms with E-state index in [4.69, 9.17) is 10.5 Å². The van der Waals surface area contributed by atoms with E-state index in [1.807, 2.05) is 0 Å². The molecule has 0 fully saturated rings. The molecule has 4 nitrogen and oxygen atoms in total. The van der Waals surface area contributed by atoms with Crippen molar-refractivity contribution in [2.75, 3.05) is 0 Å². The Labute approximate surface area is 62.9 Å². The van der Waals surface area contributed by atoms with Gasteiger partial charge in [0.1, 0.15) is 18.6 Å². The molecule has 1 aromatic heterocycles. The van der Waals surface area contributed by atoms with Crippen LogP contribution in [0.3, 0.4) is 0 Å². The Hall–Kier alpha value is -1.10. The van der Waals surface area contributed by atoms with E-state index in [0.717, 1.165) is 0 Å². The molecule has 1 rings (SSSR count). The van der Waals surface area contributed by atoms with Crippen molar-refractivity contribution in [1.82, 2.24) is 5.16 Å². The largest absolute Gasteiger partial charge is 0.465 e. The molecule has 10 heavy (non-hydrogen) atoms. The minimum absolute atomic E-state index is 0.0167. The van der Waals surface area contributed by atoms with Crippen molar-refractivity contribution < 1.29 is 9.26 Å². The molecule has 2 N–H and O–H groups in total. The standard InChI is InChI=1S/C5H6N2O2S/c6-5(10)8-3-4-1-2-9-7-4/h1-2H,3H2,(H2,6,10). The zero-order valence-electron chi connectivity index (χ0n) is 5.11. The molecular weight excluding hydrogens is 152 g/mol. The highest BCUT2D eigenvalue weighted by Gasteiger charge is 1.95. The van der Waals surface area contributed by atoms with E-state index in [2.05, 4.69) is 21.9 Å². The first-order chi connectivity index (χ1) is 4.79. The fourth-order valence-corrected chi connectivity index (χ4v) is 0.516. The molecular formula is C5H6N2O2S. The van der Waals surface area contributed by atoms with E-state index in [0.29, 0.717) is 5.69 Å². The summed E-state index contributed by atoms with van der Waals surface area (Å²) in [5.41, 5.74) is 5.73. The monoisotopic (exact) mass is 158 g/mol.